The molecule has 0 radical (unpaired) electrons. The number of anilines is 6. The number of hydrogen-bond donors (Lipinski definition) is 24. The Balaban J connectivity index is 0.000000429. The zero-order valence-corrected chi connectivity index (χ0v) is 69.9. The van der Waals surface area contributed by atoms with E-state index in [2.05, 4.69) is 40.5 Å². The molecule has 124 heavy (non-hydrogen) atoms. The fourth-order valence-corrected chi connectivity index (χ4v) is 13.6. The molecule has 0 aliphatic rings. The third-order valence-corrected chi connectivity index (χ3v) is 20.6. The van der Waals surface area contributed by atoms with Crippen LogP contribution in [-0.2, 0) is 43.7 Å². The molecule has 0 fully saturated rings. The summed E-state index contributed by atoms with van der Waals surface area (Å²) in [4.78, 5) is 63.7. The van der Waals surface area contributed by atoms with Crippen LogP contribution in [0.4, 0.5) is 56.1 Å². The number of aryl methyl sites for hydroxylation is 1. The minimum Gasteiger partial charge on any atom is -0.481 e. The second-order valence-electron chi connectivity index (χ2n) is 26.6. The fourth-order valence-electron chi connectivity index (χ4n) is 10.7. The van der Waals surface area contributed by atoms with Crippen LogP contribution in [0.2, 0.25) is 6.04 Å². The fraction of sp³-hybridized carbons (Fsp3) is 0.276. The van der Waals surface area contributed by atoms with Gasteiger partial charge in [-0.15, -0.1) is 0 Å². The van der Waals surface area contributed by atoms with Crippen LogP contribution in [0.1, 0.15) is 70.4 Å². The van der Waals surface area contributed by atoms with Gasteiger partial charge in [0.2, 0.25) is 23.6 Å². The molecule has 0 aliphatic carbocycles. The number of nitrogens with one attached hydrogen (secondary N) is 4. The molecule has 664 valence electrons. The summed E-state index contributed by atoms with van der Waals surface area (Å²) in [5.74, 6) is -6.22. The lowest BCUT2D eigenvalue weighted by Crippen LogP contribution is -2.46. The van der Waals surface area contributed by atoms with Crippen LogP contribution in [-0.4, -0.2) is 255 Å². The number of halogens is 5. The van der Waals surface area contributed by atoms with Gasteiger partial charge in [0.05, 0.1) is 28.4 Å². The van der Waals surface area contributed by atoms with E-state index in [1.54, 1.807) is 77.7 Å². The van der Waals surface area contributed by atoms with Crippen LogP contribution in [0, 0.1) is 29.1 Å². The summed E-state index contributed by atoms with van der Waals surface area (Å²) in [6.45, 7) is 12.2. The standard InChI is InChI=1S/C27H41B2F2N3O9Si.C20H25B2F2N3O6S.C9H11BO4.C8H9BO2.C6H7BFNO2.C6H8BNO2/c1-4-41-44(42-5-2,43-6-3)17-7-14-34(15-12-26(35)32-24-10-8-20(28(37)38)18-22(24)30)16-13-27(36)33-25-11-9-21(29(39)40)19-23(25)31;23-15-11-13(21(30)31)1-3-17(15)25-19(28)5-7-27(9-10-34)8-6-20(29)26-18-4-2-14(22(32)33)12-16(18)24;11-9(12)6-3-7-1-4-8(5-2-7)10(13)14;1-2-7-3-5-8(6-4-7)9(10)11;8-5-3-4(7(10)11)1-2-6(5)9;8-6-3-1-2-5(4-6)7(9)10/h8-11,18-19,37-40H,4-7,12-17H2,1-3H3,(H,32,35)(H,33,36);1-4,11-12,30-34H,5-10H2,(H,25,28)(H,26,29);1-2,4-5,13-14H,3,6H2,(H,11,12);2-6,10-11H,1H2;1-3,10-11H,9H2;1-4,9-10H,8H2. The van der Waals surface area contributed by atoms with Gasteiger partial charge in [0.15, 0.2) is 0 Å². The number of thiol groups is 1. The van der Waals surface area contributed by atoms with E-state index in [0.29, 0.717) is 79.6 Å². The lowest BCUT2D eigenvalue weighted by Gasteiger charge is -2.29. The maximum atomic E-state index is 14.3. The number of carbonyl (C=O) groups is 5. The van der Waals surface area contributed by atoms with Crippen molar-refractivity contribution >= 4 is 192 Å². The average molecular weight is 1770 g/mol. The molecule has 8 aromatic rings. The van der Waals surface area contributed by atoms with Gasteiger partial charge in [-0.05, 0) is 168 Å². The predicted octanol–water partition coefficient (Wildman–Crippen LogP) is -3.23. The Kier molecular flexibility index (Phi) is 50.6. The summed E-state index contributed by atoms with van der Waals surface area (Å²) >= 11 is 4.16. The number of amides is 4. The SMILES string of the molecule is C=Cc1ccc(B(O)O)cc1.CCO[Si](CCCN(CCC(=O)Nc1ccc(B(O)O)cc1F)CCC(=O)Nc1ccc(B(O)O)cc1F)(OCC)OCC.Nc1ccc(B(O)O)cc1F.Nc1cccc(B(O)O)c1.O=C(CCN(CCS)CCC(=O)Nc1ccc(B(O)O)cc1F)Nc1ccc(B(O)O)cc1F.O=C(O)CCc1ccc(B(O)O)cc1. The number of nitrogens with zero attached hydrogens (tertiary/aromatic N) is 2. The first-order valence-electron chi connectivity index (χ1n) is 38.3. The Morgan fingerprint density at radius 3 is 0.976 bits per heavy atom. The summed E-state index contributed by atoms with van der Waals surface area (Å²) in [6, 6.07) is 37.7. The molecule has 0 aliphatic heterocycles. The van der Waals surface area contributed by atoms with Gasteiger partial charge < -0.3 is 141 Å². The quantitative estimate of drug-likeness (QED) is 0.00777. The van der Waals surface area contributed by atoms with E-state index < -0.39 is 124 Å². The molecule has 33 nitrogen and oxygen atoms in total. The second-order valence-corrected chi connectivity index (χ2v) is 29.8. The lowest BCUT2D eigenvalue weighted by molar-refractivity contribution is -0.137. The molecule has 4 amide bonds. The van der Waals surface area contributed by atoms with E-state index in [-0.39, 0.29) is 114 Å². The number of carboxylic acids is 1. The highest BCUT2D eigenvalue weighted by Crippen LogP contribution is 2.21. The zero-order chi connectivity index (χ0) is 92.8. The van der Waals surface area contributed by atoms with Crippen molar-refractivity contribution in [1.29, 1.82) is 0 Å². The van der Waals surface area contributed by atoms with Crippen molar-refractivity contribution in [2.45, 2.75) is 71.8 Å². The van der Waals surface area contributed by atoms with Crippen molar-refractivity contribution in [3.8, 4) is 0 Å². The molecular weight excluding hydrogens is 1670 g/mol. The second kappa shape index (κ2) is 57.8. The molecule has 0 aromatic heterocycles. The summed E-state index contributed by atoms with van der Waals surface area (Å²) in [5, 5.41) is 161. The maximum Gasteiger partial charge on any atom is 0.500 e. The molecule has 0 saturated carbocycles. The number of carbonyl (C=O) groups excluding carboxylic acids is 4. The molecule has 48 heteroatoms. The number of hydrogen-bond acceptors (Lipinski definition) is 29. The third kappa shape index (κ3) is 41.9. The minimum atomic E-state index is -2.93. The van der Waals surface area contributed by atoms with Crippen molar-refractivity contribution in [2.75, 3.05) is 97.6 Å². The number of carboxylic acid groups (broad SMARTS) is 1. The number of benzene rings is 8. The van der Waals surface area contributed by atoms with E-state index in [4.69, 9.17) is 90.1 Å². The van der Waals surface area contributed by atoms with Crippen molar-refractivity contribution in [1.82, 2.24) is 9.80 Å². The van der Waals surface area contributed by atoms with Gasteiger partial charge in [-0.1, -0.05) is 104 Å². The van der Waals surface area contributed by atoms with Crippen molar-refractivity contribution in [3.63, 3.8) is 0 Å². The predicted molar refractivity (Wildman–Crippen MR) is 475 cm³/mol. The highest BCUT2D eigenvalue weighted by Gasteiger charge is 2.40. The van der Waals surface area contributed by atoms with Gasteiger partial charge in [-0.2, -0.15) is 12.6 Å². The molecule has 25 N–H and O–H groups in total. The third-order valence-electron chi connectivity index (χ3n) is 17.3. The number of rotatable bonds is 40. The van der Waals surface area contributed by atoms with Crippen LogP contribution >= 0.6 is 12.6 Å². The van der Waals surface area contributed by atoms with Gasteiger partial charge in [0.1, 0.15) is 29.1 Å². The number of nitrogen functional groups attached to an aromatic ring is 2. The highest BCUT2D eigenvalue weighted by molar-refractivity contribution is 7.80. The van der Waals surface area contributed by atoms with E-state index >= 15 is 0 Å². The number of aliphatic carboxylic acids is 1. The molecule has 0 unspecified atom stereocenters. The van der Waals surface area contributed by atoms with Crippen LogP contribution in [0.15, 0.2) is 170 Å². The van der Waals surface area contributed by atoms with Crippen LogP contribution in [0.3, 0.4) is 0 Å². The molecular formula is C76H101B8F5N8O25SSi. The first-order valence-corrected chi connectivity index (χ1v) is 40.9. The largest absolute Gasteiger partial charge is 0.500 e. The van der Waals surface area contributed by atoms with Gasteiger partial charge in [-0.25, -0.2) is 22.0 Å². The molecule has 8 aromatic carbocycles. The Labute approximate surface area is 722 Å². The highest BCUT2D eigenvalue weighted by atomic mass is 32.1. The van der Waals surface area contributed by atoms with E-state index in [1.165, 1.54) is 66.7 Å². The smallest absolute Gasteiger partial charge is 0.481 e. The Morgan fingerprint density at radius 2 is 0.702 bits per heavy atom. The van der Waals surface area contributed by atoms with Crippen molar-refractivity contribution in [2.24, 2.45) is 0 Å². The van der Waals surface area contributed by atoms with E-state index in [9.17, 15) is 66.0 Å². The Hall–Kier alpha value is -9.65. The molecule has 0 heterocycles. The van der Waals surface area contributed by atoms with Gasteiger partial charge in [-0.3, -0.25) is 24.0 Å². The molecule has 0 spiro atoms. The summed E-state index contributed by atoms with van der Waals surface area (Å²) in [7, 11) is -16.2. The Morgan fingerprint density at radius 1 is 0.403 bits per heavy atom. The van der Waals surface area contributed by atoms with E-state index in [0.717, 1.165) is 41.5 Å². The minimum absolute atomic E-state index is 0.00120. The van der Waals surface area contributed by atoms with Gasteiger partial charge >= 0.3 is 71.7 Å². The molecule has 8 rings (SSSR count). The van der Waals surface area contributed by atoms with Crippen molar-refractivity contribution in [3.05, 3.63) is 211 Å². The van der Waals surface area contributed by atoms with Crippen LogP contribution in [0.25, 0.3) is 6.08 Å². The van der Waals surface area contributed by atoms with E-state index in [1.807, 2.05) is 25.7 Å². The molecule has 0 bridgehead atoms. The van der Waals surface area contributed by atoms with Crippen LogP contribution in [0.5, 0.6) is 0 Å². The summed E-state index contributed by atoms with van der Waals surface area (Å²) in [6.07, 6.45) is 2.71. The topological polar surface area (TPSA) is 564 Å². The van der Waals surface area contributed by atoms with Gasteiger partial charge in [0, 0.05) is 102 Å². The lowest BCUT2D eigenvalue weighted by atomic mass is 9.80. The summed E-state index contributed by atoms with van der Waals surface area (Å²) < 4.78 is 87.0. The number of nitrogens with two attached hydrogens (primary N) is 2. The summed E-state index contributed by atoms with van der Waals surface area (Å²) in [5.41, 5.74) is 13.7. The Bertz CT molecular complexity index is 4440. The first kappa shape index (κ1) is 109. The normalized spacial score (nSPS) is 10.6. The first-order chi connectivity index (χ1) is 58.7. The monoisotopic (exact) mass is 1770 g/mol. The maximum absolute atomic E-state index is 14.3. The van der Waals surface area contributed by atoms with Crippen LogP contribution < -0.4 is 76.4 Å². The van der Waals surface area contributed by atoms with Gasteiger partial charge in [0.25, 0.3) is 0 Å². The molecule has 0 saturated heterocycles. The average Bonchev–Trinajstić information content (AvgIpc) is 0.952. The molecule has 0 atom stereocenters. The van der Waals surface area contributed by atoms with Crippen molar-refractivity contribution < 1.29 is 145 Å². The zero-order valence-electron chi connectivity index (χ0n) is 68.0.